The second-order valence-corrected chi connectivity index (χ2v) is 9.28. The molecule has 1 N–H and O–H groups in total. The molecular weight excluding hydrogens is 466 g/mol. The molecule has 0 aliphatic heterocycles. The summed E-state index contributed by atoms with van der Waals surface area (Å²) < 4.78 is 35.2. The van der Waals surface area contributed by atoms with E-state index in [1.54, 1.807) is 25.1 Å². The Morgan fingerprint density at radius 1 is 1.25 bits per heavy atom. The minimum Gasteiger partial charge on any atom is -0.492 e. The van der Waals surface area contributed by atoms with E-state index in [0.717, 1.165) is 4.88 Å². The minimum absolute atomic E-state index is 0.0151. The van der Waals surface area contributed by atoms with Crippen molar-refractivity contribution in [2.75, 3.05) is 13.2 Å². The molecule has 3 aromatic rings. The van der Waals surface area contributed by atoms with Crippen molar-refractivity contribution in [3.8, 4) is 16.3 Å². The summed E-state index contributed by atoms with van der Waals surface area (Å²) in [4.78, 5) is 13.0. The fraction of sp³-hybridized carbons (Fsp3) is 0.222. The van der Waals surface area contributed by atoms with E-state index in [1.165, 1.54) is 28.2 Å². The second kappa shape index (κ2) is 8.99. The molecule has 0 aliphatic rings. The third-order valence-corrected chi connectivity index (χ3v) is 6.62. The predicted molar refractivity (Wildman–Crippen MR) is 112 cm³/mol. The van der Waals surface area contributed by atoms with E-state index in [0.29, 0.717) is 16.8 Å². The highest BCUT2D eigenvalue weighted by molar-refractivity contribution is 9.10. The van der Waals surface area contributed by atoms with Gasteiger partial charge in [0.2, 0.25) is 10.0 Å². The van der Waals surface area contributed by atoms with Crippen LogP contribution < -0.4 is 15.0 Å². The number of hydrogen-bond donors (Lipinski definition) is 1. The Morgan fingerprint density at radius 3 is 2.79 bits per heavy atom. The molecule has 7 nitrogen and oxygen atoms in total. The van der Waals surface area contributed by atoms with Gasteiger partial charge < -0.3 is 4.74 Å². The predicted octanol–water partition coefficient (Wildman–Crippen LogP) is 3.11. The van der Waals surface area contributed by atoms with Crippen molar-refractivity contribution in [2.24, 2.45) is 0 Å². The number of aromatic nitrogens is 2. The molecule has 0 saturated carbocycles. The van der Waals surface area contributed by atoms with Crippen molar-refractivity contribution < 1.29 is 13.2 Å². The minimum atomic E-state index is -3.82. The van der Waals surface area contributed by atoms with Crippen LogP contribution in [0.2, 0.25) is 0 Å². The Labute approximate surface area is 175 Å². The van der Waals surface area contributed by atoms with Gasteiger partial charge in [-0.05, 0) is 42.6 Å². The highest BCUT2D eigenvalue weighted by Crippen LogP contribution is 2.27. The molecule has 148 valence electrons. The van der Waals surface area contributed by atoms with Crippen molar-refractivity contribution in [2.45, 2.75) is 18.4 Å². The maximum Gasteiger partial charge on any atom is 0.266 e. The molecule has 10 heteroatoms. The fourth-order valence-electron chi connectivity index (χ4n) is 2.50. The number of rotatable bonds is 8. The van der Waals surface area contributed by atoms with E-state index < -0.39 is 10.0 Å². The average molecular weight is 484 g/mol. The lowest BCUT2D eigenvalue weighted by Crippen LogP contribution is -2.32. The van der Waals surface area contributed by atoms with E-state index in [-0.39, 0.29) is 29.3 Å². The fourth-order valence-corrected chi connectivity index (χ4v) is 4.89. The molecular formula is C18H18BrN3O4S2. The smallest absolute Gasteiger partial charge is 0.266 e. The SMILES string of the molecule is CCOc1ccc(Br)cc1S(=O)(=O)NCCn1nc(-c2cccs2)ccc1=O. The number of nitrogens with one attached hydrogen (secondary N) is 1. The van der Waals surface area contributed by atoms with Gasteiger partial charge in [0.25, 0.3) is 5.56 Å². The Bertz CT molecular complexity index is 1110. The number of ether oxygens (including phenoxy) is 1. The van der Waals surface area contributed by atoms with Crippen molar-refractivity contribution in [3.63, 3.8) is 0 Å². The lowest BCUT2D eigenvalue weighted by atomic mass is 10.3. The number of hydrogen-bond acceptors (Lipinski definition) is 6. The summed E-state index contributed by atoms with van der Waals surface area (Å²) in [7, 11) is -3.82. The highest BCUT2D eigenvalue weighted by atomic mass is 79.9. The molecule has 0 unspecified atom stereocenters. The zero-order valence-corrected chi connectivity index (χ0v) is 18.2. The zero-order chi connectivity index (χ0) is 20.1. The zero-order valence-electron chi connectivity index (χ0n) is 15.0. The van der Waals surface area contributed by atoms with Gasteiger partial charge in [-0.1, -0.05) is 22.0 Å². The molecule has 1 aromatic carbocycles. The Morgan fingerprint density at radius 2 is 2.07 bits per heavy atom. The molecule has 28 heavy (non-hydrogen) atoms. The summed E-state index contributed by atoms with van der Waals surface area (Å²) in [5, 5.41) is 6.24. The molecule has 0 spiro atoms. The molecule has 0 atom stereocenters. The monoisotopic (exact) mass is 483 g/mol. The Balaban J connectivity index is 1.75. The molecule has 0 aliphatic carbocycles. The second-order valence-electron chi connectivity index (χ2n) is 5.68. The topological polar surface area (TPSA) is 90.3 Å². The van der Waals surface area contributed by atoms with Crippen LogP contribution >= 0.6 is 27.3 Å². The number of nitrogens with zero attached hydrogens (tertiary/aromatic N) is 2. The van der Waals surface area contributed by atoms with Crippen molar-refractivity contribution >= 4 is 37.3 Å². The van der Waals surface area contributed by atoms with E-state index in [1.807, 2.05) is 17.5 Å². The first-order valence-electron chi connectivity index (χ1n) is 8.45. The van der Waals surface area contributed by atoms with E-state index in [4.69, 9.17) is 4.74 Å². The van der Waals surface area contributed by atoms with Crippen LogP contribution in [-0.2, 0) is 16.6 Å². The lowest BCUT2D eigenvalue weighted by molar-refractivity contribution is 0.331. The van der Waals surface area contributed by atoms with Crippen LogP contribution in [-0.4, -0.2) is 31.3 Å². The number of sulfonamides is 1. The first-order chi connectivity index (χ1) is 13.4. The van der Waals surface area contributed by atoms with Gasteiger partial charge in [0.15, 0.2) is 0 Å². The number of benzene rings is 1. The Kier molecular flexibility index (Phi) is 6.65. The van der Waals surface area contributed by atoms with E-state index in [9.17, 15) is 13.2 Å². The maximum atomic E-state index is 12.7. The summed E-state index contributed by atoms with van der Waals surface area (Å²) >= 11 is 4.79. The third kappa shape index (κ3) is 4.88. The van der Waals surface area contributed by atoms with Crippen LogP contribution in [0.15, 0.2) is 62.0 Å². The van der Waals surface area contributed by atoms with Gasteiger partial charge in [0.05, 0.1) is 18.0 Å². The number of thiophene rings is 1. The van der Waals surface area contributed by atoms with Crippen molar-refractivity contribution in [1.29, 1.82) is 0 Å². The van der Waals surface area contributed by atoms with Crippen LogP contribution in [0.25, 0.3) is 10.6 Å². The van der Waals surface area contributed by atoms with Crippen LogP contribution in [0.1, 0.15) is 6.92 Å². The third-order valence-electron chi connectivity index (χ3n) is 3.75. The highest BCUT2D eigenvalue weighted by Gasteiger charge is 2.20. The van der Waals surface area contributed by atoms with Crippen LogP contribution in [0.5, 0.6) is 5.75 Å². The molecule has 0 saturated heterocycles. The quantitative estimate of drug-likeness (QED) is 0.531. The van der Waals surface area contributed by atoms with Crippen LogP contribution in [0, 0.1) is 0 Å². The van der Waals surface area contributed by atoms with Gasteiger partial charge in [-0.25, -0.2) is 17.8 Å². The molecule has 2 aromatic heterocycles. The Hall–Kier alpha value is -2.01. The van der Waals surface area contributed by atoms with E-state index >= 15 is 0 Å². The largest absolute Gasteiger partial charge is 0.492 e. The summed E-state index contributed by atoms with van der Waals surface area (Å²) in [6, 6.07) is 11.7. The summed E-state index contributed by atoms with van der Waals surface area (Å²) in [5.74, 6) is 0.271. The summed E-state index contributed by atoms with van der Waals surface area (Å²) in [5.41, 5.74) is 0.375. The molecule has 0 amide bonds. The standard InChI is InChI=1S/C18H18BrN3O4S2/c1-2-26-15-7-5-13(19)12-17(15)28(24,25)20-9-10-22-18(23)8-6-14(21-22)16-4-3-11-27-16/h3-8,11-12,20H,2,9-10H2,1H3. The first kappa shape index (κ1) is 20.7. The normalized spacial score (nSPS) is 11.5. The lowest BCUT2D eigenvalue weighted by Gasteiger charge is -2.13. The van der Waals surface area contributed by atoms with E-state index in [2.05, 4.69) is 25.8 Å². The van der Waals surface area contributed by atoms with Gasteiger partial charge in [-0.2, -0.15) is 5.10 Å². The van der Waals surface area contributed by atoms with Gasteiger partial charge in [0.1, 0.15) is 16.3 Å². The molecule has 3 rings (SSSR count). The maximum absolute atomic E-state index is 12.7. The van der Waals surface area contributed by atoms with Crippen LogP contribution in [0.3, 0.4) is 0 Å². The molecule has 0 radical (unpaired) electrons. The molecule has 0 fully saturated rings. The van der Waals surface area contributed by atoms with Crippen molar-refractivity contribution in [1.82, 2.24) is 14.5 Å². The van der Waals surface area contributed by atoms with Gasteiger partial charge >= 0.3 is 0 Å². The van der Waals surface area contributed by atoms with Crippen molar-refractivity contribution in [3.05, 3.63) is 62.7 Å². The van der Waals surface area contributed by atoms with Gasteiger partial charge in [-0.15, -0.1) is 11.3 Å². The van der Waals surface area contributed by atoms with Crippen LogP contribution in [0.4, 0.5) is 0 Å². The molecule has 2 heterocycles. The first-order valence-corrected chi connectivity index (χ1v) is 11.6. The summed E-state index contributed by atoms with van der Waals surface area (Å²) in [6.07, 6.45) is 0. The van der Waals surface area contributed by atoms with Gasteiger partial charge in [0, 0.05) is 17.1 Å². The summed E-state index contributed by atoms with van der Waals surface area (Å²) in [6.45, 7) is 2.25. The molecule has 0 bridgehead atoms. The number of halogens is 1. The van der Waals surface area contributed by atoms with Gasteiger partial charge in [-0.3, -0.25) is 4.79 Å². The average Bonchev–Trinajstić information content (AvgIpc) is 3.19.